The van der Waals surface area contributed by atoms with Gasteiger partial charge in [-0.05, 0) is 20.8 Å². The SMILES string of the molecule is Cc1nc(C)c(C(C)NCc2cnn(CCO)c2)s1. The van der Waals surface area contributed by atoms with Crippen molar-refractivity contribution in [3.8, 4) is 0 Å². The molecule has 1 atom stereocenters. The number of thiazole rings is 1. The Bertz CT molecular complexity index is 534. The van der Waals surface area contributed by atoms with Gasteiger partial charge in [0.1, 0.15) is 0 Å². The second-order valence-corrected chi connectivity index (χ2v) is 5.86. The highest BCUT2D eigenvalue weighted by molar-refractivity contribution is 7.11. The van der Waals surface area contributed by atoms with Crippen molar-refractivity contribution >= 4 is 11.3 Å². The van der Waals surface area contributed by atoms with E-state index in [-0.39, 0.29) is 12.6 Å². The summed E-state index contributed by atoms with van der Waals surface area (Å²) in [4.78, 5) is 5.74. The van der Waals surface area contributed by atoms with Gasteiger partial charge in [0.25, 0.3) is 0 Å². The smallest absolute Gasteiger partial charge is 0.0900 e. The zero-order valence-electron chi connectivity index (χ0n) is 11.6. The molecule has 2 rings (SSSR count). The van der Waals surface area contributed by atoms with Crippen molar-refractivity contribution < 1.29 is 5.11 Å². The summed E-state index contributed by atoms with van der Waals surface area (Å²) >= 11 is 1.74. The van der Waals surface area contributed by atoms with Crippen LogP contribution >= 0.6 is 11.3 Å². The van der Waals surface area contributed by atoms with Gasteiger partial charge in [0, 0.05) is 29.2 Å². The monoisotopic (exact) mass is 280 g/mol. The van der Waals surface area contributed by atoms with Crippen molar-refractivity contribution in [2.45, 2.75) is 39.9 Å². The summed E-state index contributed by atoms with van der Waals surface area (Å²) in [7, 11) is 0. The van der Waals surface area contributed by atoms with Crippen LogP contribution in [0.15, 0.2) is 12.4 Å². The summed E-state index contributed by atoms with van der Waals surface area (Å²) < 4.78 is 1.75. The number of aliphatic hydroxyl groups excluding tert-OH is 1. The maximum absolute atomic E-state index is 8.85. The summed E-state index contributed by atoms with van der Waals surface area (Å²) in [5.41, 5.74) is 2.23. The van der Waals surface area contributed by atoms with Gasteiger partial charge in [-0.25, -0.2) is 4.98 Å². The number of aromatic nitrogens is 3. The topological polar surface area (TPSA) is 63.0 Å². The highest BCUT2D eigenvalue weighted by Gasteiger charge is 2.12. The molecule has 1 unspecified atom stereocenters. The first kappa shape index (κ1) is 14.2. The van der Waals surface area contributed by atoms with Crippen LogP contribution in [-0.4, -0.2) is 26.5 Å². The second kappa shape index (κ2) is 6.27. The first-order valence-electron chi connectivity index (χ1n) is 6.39. The molecular weight excluding hydrogens is 260 g/mol. The fourth-order valence-corrected chi connectivity index (χ4v) is 2.99. The van der Waals surface area contributed by atoms with Crippen LogP contribution in [0.25, 0.3) is 0 Å². The van der Waals surface area contributed by atoms with E-state index >= 15 is 0 Å². The predicted molar refractivity (Wildman–Crippen MR) is 76.2 cm³/mol. The van der Waals surface area contributed by atoms with E-state index in [1.54, 1.807) is 16.0 Å². The Kier molecular flexibility index (Phi) is 4.68. The van der Waals surface area contributed by atoms with E-state index in [1.165, 1.54) is 4.88 Å². The molecule has 6 heteroatoms. The third-order valence-electron chi connectivity index (χ3n) is 2.96. The average Bonchev–Trinajstić information content (AvgIpc) is 2.93. The van der Waals surface area contributed by atoms with Crippen molar-refractivity contribution in [1.82, 2.24) is 20.1 Å². The lowest BCUT2D eigenvalue weighted by atomic mass is 10.2. The van der Waals surface area contributed by atoms with Gasteiger partial charge in [-0.1, -0.05) is 0 Å². The molecular formula is C13H20N4OS. The van der Waals surface area contributed by atoms with Gasteiger partial charge >= 0.3 is 0 Å². The van der Waals surface area contributed by atoms with Gasteiger partial charge in [0.05, 0.1) is 30.1 Å². The summed E-state index contributed by atoms with van der Waals surface area (Å²) in [6.45, 7) is 7.66. The van der Waals surface area contributed by atoms with Gasteiger partial charge in [-0.2, -0.15) is 5.10 Å². The maximum Gasteiger partial charge on any atom is 0.0900 e. The predicted octanol–water partition coefficient (Wildman–Crippen LogP) is 1.80. The first-order valence-corrected chi connectivity index (χ1v) is 7.21. The van der Waals surface area contributed by atoms with Crippen molar-refractivity contribution in [3.05, 3.63) is 33.5 Å². The second-order valence-electron chi connectivity index (χ2n) is 4.62. The molecule has 2 aromatic heterocycles. The Balaban J connectivity index is 1.92. The quantitative estimate of drug-likeness (QED) is 0.847. The zero-order valence-corrected chi connectivity index (χ0v) is 12.4. The molecule has 19 heavy (non-hydrogen) atoms. The van der Waals surface area contributed by atoms with E-state index in [0.717, 1.165) is 22.8 Å². The van der Waals surface area contributed by atoms with Crippen LogP contribution in [0, 0.1) is 13.8 Å². The van der Waals surface area contributed by atoms with Gasteiger partial charge < -0.3 is 10.4 Å². The van der Waals surface area contributed by atoms with E-state index in [1.807, 2.05) is 19.3 Å². The normalized spacial score (nSPS) is 12.8. The first-order chi connectivity index (χ1) is 9.10. The van der Waals surface area contributed by atoms with Crippen molar-refractivity contribution in [2.75, 3.05) is 6.61 Å². The number of aryl methyl sites for hydroxylation is 2. The number of nitrogens with one attached hydrogen (secondary N) is 1. The van der Waals surface area contributed by atoms with Gasteiger partial charge in [-0.15, -0.1) is 11.3 Å². The Morgan fingerprint density at radius 1 is 1.47 bits per heavy atom. The van der Waals surface area contributed by atoms with Crippen LogP contribution in [0.5, 0.6) is 0 Å². The average molecular weight is 280 g/mol. The summed E-state index contributed by atoms with van der Waals surface area (Å²) in [5, 5.41) is 17.6. The van der Waals surface area contributed by atoms with Crippen molar-refractivity contribution in [3.63, 3.8) is 0 Å². The zero-order chi connectivity index (χ0) is 13.8. The Morgan fingerprint density at radius 2 is 2.26 bits per heavy atom. The molecule has 0 aliphatic carbocycles. The molecule has 5 nitrogen and oxygen atoms in total. The minimum atomic E-state index is 0.115. The number of rotatable bonds is 6. The lowest BCUT2D eigenvalue weighted by molar-refractivity contribution is 0.269. The number of aliphatic hydroxyl groups is 1. The van der Waals surface area contributed by atoms with Crippen LogP contribution in [0.3, 0.4) is 0 Å². The van der Waals surface area contributed by atoms with Crippen LogP contribution in [-0.2, 0) is 13.1 Å². The van der Waals surface area contributed by atoms with Crippen LogP contribution in [0.1, 0.15) is 34.1 Å². The fraction of sp³-hybridized carbons (Fsp3) is 0.538. The fourth-order valence-electron chi connectivity index (χ4n) is 2.03. The minimum absolute atomic E-state index is 0.115. The highest BCUT2D eigenvalue weighted by Crippen LogP contribution is 2.24. The van der Waals surface area contributed by atoms with Gasteiger partial charge in [0.15, 0.2) is 0 Å². The molecule has 0 aliphatic rings. The molecule has 0 saturated carbocycles. The molecule has 0 radical (unpaired) electrons. The Hall–Kier alpha value is -1.24. The van der Waals surface area contributed by atoms with Gasteiger partial charge in [0.2, 0.25) is 0 Å². The third-order valence-corrected chi connectivity index (χ3v) is 4.22. The van der Waals surface area contributed by atoms with E-state index in [0.29, 0.717) is 6.54 Å². The molecule has 2 aromatic rings. The van der Waals surface area contributed by atoms with Gasteiger partial charge in [-0.3, -0.25) is 4.68 Å². The summed E-state index contributed by atoms with van der Waals surface area (Å²) in [6, 6.07) is 0.285. The highest BCUT2D eigenvalue weighted by atomic mass is 32.1. The molecule has 104 valence electrons. The van der Waals surface area contributed by atoms with Crippen LogP contribution in [0.4, 0.5) is 0 Å². The molecule has 2 N–H and O–H groups in total. The van der Waals surface area contributed by atoms with Crippen molar-refractivity contribution in [2.24, 2.45) is 0 Å². The molecule has 0 bridgehead atoms. The summed E-state index contributed by atoms with van der Waals surface area (Å²) in [6.07, 6.45) is 3.79. The summed E-state index contributed by atoms with van der Waals surface area (Å²) in [5.74, 6) is 0. The maximum atomic E-state index is 8.85. The number of nitrogens with zero attached hydrogens (tertiary/aromatic N) is 3. The standard InChI is InChI=1S/C13H20N4OS/c1-9(13-10(2)16-11(3)19-13)14-6-12-7-15-17(8-12)4-5-18/h7-9,14,18H,4-6H2,1-3H3. The lowest BCUT2D eigenvalue weighted by Gasteiger charge is -2.11. The minimum Gasteiger partial charge on any atom is -0.394 e. The molecule has 0 spiro atoms. The molecule has 0 fully saturated rings. The van der Waals surface area contributed by atoms with E-state index in [2.05, 4.69) is 29.2 Å². The Morgan fingerprint density at radius 3 is 2.89 bits per heavy atom. The van der Waals surface area contributed by atoms with E-state index in [4.69, 9.17) is 5.11 Å². The van der Waals surface area contributed by atoms with E-state index in [9.17, 15) is 0 Å². The largest absolute Gasteiger partial charge is 0.394 e. The molecule has 0 saturated heterocycles. The van der Waals surface area contributed by atoms with Crippen LogP contribution in [0.2, 0.25) is 0 Å². The third kappa shape index (κ3) is 3.62. The molecule has 0 aromatic carbocycles. The Labute approximate surface area is 117 Å². The van der Waals surface area contributed by atoms with Crippen molar-refractivity contribution in [1.29, 1.82) is 0 Å². The molecule has 0 aliphatic heterocycles. The lowest BCUT2D eigenvalue weighted by Crippen LogP contribution is -2.17. The number of hydrogen-bond acceptors (Lipinski definition) is 5. The van der Waals surface area contributed by atoms with Crippen LogP contribution < -0.4 is 5.32 Å². The number of hydrogen-bond donors (Lipinski definition) is 2. The molecule has 2 heterocycles. The van der Waals surface area contributed by atoms with E-state index < -0.39 is 0 Å². The molecule has 0 amide bonds.